The second-order valence-electron chi connectivity index (χ2n) is 5.19. The monoisotopic (exact) mass is 289 g/mol. The molecule has 0 amide bonds. The van der Waals surface area contributed by atoms with Crippen molar-refractivity contribution in [2.45, 2.75) is 58.9 Å². The van der Waals surface area contributed by atoms with Crippen molar-refractivity contribution in [3.05, 3.63) is 0 Å². The number of hydrogen-bond donors (Lipinski definition) is 1. The van der Waals surface area contributed by atoms with Crippen molar-refractivity contribution in [3.63, 3.8) is 0 Å². The zero-order chi connectivity index (χ0) is 14.9. The summed E-state index contributed by atoms with van der Waals surface area (Å²) < 4.78 is 16.4. The third-order valence-electron chi connectivity index (χ3n) is 3.05. The van der Waals surface area contributed by atoms with Gasteiger partial charge in [0.1, 0.15) is 0 Å². The first-order valence-corrected chi connectivity index (χ1v) is 8.27. The highest BCUT2D eigenvalue weighted by Crippen LogP contribution is 1.97. The summed E-state index contributed by atoms with van der Waals surface area (Å²) in [5.74, 6) is 0. The van der Waals surface area contributed by atoms with Crippen LogP contribution in [0.15, 0.2) is 0 Å². The van der Waals surface area contributed by atoms with Crippen LogP contribution in [-0.2, 0) is 14.2 Å². The van der Waals surface area contributed by atoms with Gasteiger partial charge in [-0.25, -0.2) is 0 Å². The van der Waals surface area contributed by atoms with Gasteiger partial charge >= 0.3 is 0 Å². The van der Waals surface area contributed by atoms with E-state index in [4.69, 9.17) is 14.2 Å². The Balaban J connectivity index is 3.02. The van der Waals surface area contributed by atoms with Crippen LogP contribution in [-0.4, -0.2) is 52.2 Å². The van der Waals surface area contributed by atoms with Crippen LogP contribution >= 0.6 is 0 Å². The molecule has 1 N–H and O–H groups in total. The van der Waals surface area contributed by atoms with Gasteiger partial charge in [0.15, 0.2) is 0 Å². The Morgan fingerprint density at radius 1 is 0.750 bits per heavy atom. The quantitative estimate of drug-likeness (QED) is 0.443. The van der Waals surface area contributed by atoms with Gasteiger partial charge in [-0.2, -0.15) is 0 Å². The average Bonchev–Trinajstić information content (AvgIpc) is 2.46. The fourth-order valence-electron chi connectivity index (χ4n) is 1.77. The fraction of sp³-hybridized carbons (Fsp3) is 1.00. The summed E-state index contributed by atoms with van der Waals surface area (Å²) in [6.07, 6.45) is 5.79. The minimum absolute atomic E-state index is 0.593. The lowest BCUT2D eigenvalue weighted by Gasteiger charge is -2.12. The van der Waals surface area contributed by atoms with E-state index in [1.807, 2.05) is 0 Å². The molecular formula is C16H35NO3. The summed E-state index contributed by atoms with van der Waals surface area (Å²) >= 11 is 0. The van der Waals surface area contributed by atoms with Crippen LogP contribution in [0.3, 0.4) is 0 Å². The van der Waals surface area contributed by atoms with Crippen molar-refractivity contribution < 1.29 is 14.2 Å². The summed E-state index contributed by atoms with van der Waals surface area (Å²) in [5, 5.41) is 3.48. The molecule has 0 saturated heterocycles. The maximum atomic E-state index is 5.54. The van der Waals surface area contributed by atoms with Crippen molar-refractivity contribution in [1.29, 1.82) is 0 Å². The molecule has 20 heavy (non-hydrogen) atoms. The van der Waals surface area contributed by atoms with Crippen molar-refractivity contribution in [3.8, 4) is 0 Å². The predicted molar refractivity (Wildman–Crippen MR) is 84.4 cm³/mol. The molecule has 0 saturated carbocycles. The zero-order valence-electron chi connectivity index (χ0n) is 13.8. The van der Waals surface area contributed by atoms with Gasteiger partial charge in [0.2, 0.25) is 0 Å². The van der Waals surface area contributed by atoms with Gasteiger partial charge in [-0.05, 0) is 39.2 Å². The molecule has 0 aliphatic carbocycles. The van der Waals surface area contributed by atoms with Crippen LogP contribution in [0.2, 0.25) is 0 Å². The van der Waals surface area contributed by atoms with E-state index in [1.54, 1.807) is 0 Å². The average molecular weight is 289 g/mol. The smallest absolute Gasteiger partial charge is 0.0701 e. The third-order valence-corrected chi connectivity index (χ3v) is 3.05. The molecule has 0 spiro atoms. The Kier molecular flexibility index (Phi) is 16.8. The third kappa shape index (κ3) is 15.9. The summed E-state index contributed by atoms with van der Waals surface area (Å²) in [5.41, 5.74) is 0. The van der Waals surface area contributed by atoms with E-state index in [0.717, 1.165) is 32.6 Å². The van der Waals surface area contributed by atoms with Crippen LogP contribution in [0.25, 0.3) is 0 Å². The highest BCUT2D eigenvalue weighted by atomic mass is 16.5. The van der Waals surface area contributed by atoms with E-state index < -0.39 is 0 Å². The summed E-state index contributed by atoms with van der Waals surface area (Å²) in [6.45, 7) is 12.1. The van der Waals surface area contributed by atoms with Crippen LogP contribution < -0.4 is 5.32 Å². The lowest BCUT2D eigenvalue weighted by atomic mass is 10.2. The van der Waals surface area contributed by atoms with Gasteiger partial charge in [0.05, 0.1) is 26.4 Å². The topological polar surface area (TPSA) is 39.7 Å². The van der Waals surface area contributed by atoms with Gasteiger partial charge in [-0.1, -0.05) is 20.3 Å². The van der Waals surface area contributed by atoms with Crippen molar-refractivity contribution in [2.75, 3.05) is 46.2 Å². The normalized spacial score (nSPS) is 12.8. The van der Waals surface area contributed by atoms with E-state index >= 15 is 0 Å². The molecular weight excluding hydrogens is 254 g/mol. The Morgan fingerprint density at radius 3 is 1.85 bits per heavy atom. The highest BCUT2D eigenvalue weighted by molar-refractivity contribution is 4.59. The van der Waals surface area contributed by atoms with Crippen molar-refractivity contribution in [1.82, 2.24) is 5.32 Å². The van der Waals surface area contributed by atoms with Crippen LogP contribution in [0.4, 0.5) is 0 Å². The molecule has 0 aromatic carbocycles. The first-order chi connectivity index (χ1) is 9.81. The summed E-state index contributed by atoms with van der Waals surface area (Å²) in [4.78, 5) is 0. The van der Waals surface area contributed by atoms with Crippen molar-refractivity contribution >= 4 is 0 Å². The molecule has 4 nitrogen and oxygen atoms in total. The van der Waals surface area contributed by atoms with Gasteiger partial charge in [0, 0.05) is 19.3 Å². The molecule has 0 aliphatic heterocycles. The number of ether oxygens (including phenoxy) is 3. The van der Waals surface area contributed by atoms with Gasteiger partial charge in [-0.15, -0.1) is 0 Å². The first kappa shape index (κ1) is 19.8. The van der Waals surface area contributed by atoms with E-state index in [-0.39, 0.29) is 0 Å². The molecule has 0 heterocycles. The molecule has 0 fully saturated rings. The standard InChI is InChI=1S/C16H35NO3/c1-4-6-10-18-12-14-20-15-13-19-11-7-8-16(3)17-9-5-2/h16-17H,4-15H2,1-3H3. The summed E-state index contributed by atoms with van der Waals surface area (Å²) in [6, 6.07) is 0.593. The highest BCUT2D eigenvalue weighted by Gasteiger charge is 1.99. The molecule has 1 unspecified atom stereocenters. The number of nitrogens with one attached hydrogen (secondary N) is 1. The molecule has 0 bridgehead atoms. The largest absolute Gasteiger partial charge is 0.379 e. The molecule has 122 valence electrons. The molecule has 0 rings (SSSR count). The first-order valence-electron chi connectivity index (χ1n) is 8.27. The molecule has 0 radical (unpaired) electrons. The minimum atomic E-state index is 0.593. The van der Waals surface area contributed by atoms with Crippen LogP contribution in [0.5, 0.6) is 0 Å². The Morgan fingerprint density at radius 2 is 1.30 bits per heavy atom. The second kappa shape index (κ2) is 16.9. The summed E-state index contributed by atoms with van der Waals surface area (Å²) in [7, 11) is 0. The molecule has 0 aliphatic rings. The maximum Gasteiger partial charge on any atom is 0.0701 e. The van der Waals surface area contributed by atoms with E-state index in [9.17, 15) is 0 Å². The Bertz CT molecular complexity index is 179. The molecule has 4 heteroatoms. The zero-order valence-corrected chi connectivity index (χ0v) is 13.8. The van der Waals surface area contributed by atoms with E-state index in [0.29, 0.717) is 32.5 Å². The number of unbranched alkanes of at least 4 members (excludes halogenated alkanes) is 1. The van der Waals surface area contributed by atoms with Gasteiger partial charge < -0.3 is 19.5 Å². The number of hydrogen-bond acceptors (Lipinski definition) is 4. The minimum Gasteiger partial charge on any atom is -0.379 e. The number of rotatable bonds is 16. The lowest BCUT2D eigenvalue weighted by molar-refractivity contribution is 0.0132. The van der Waals surface area contributed by atoms with Crippen LogP contribution in [0.1, 0.15) is 52.9 Å². The Hall–Kier alpha value is -0.160. The maximum absolute atomic E-state index is 5.54. The molecule has 1 atom stereocenters. The van der Waals surface area contributed by atoms with Crippen molar-refractivity contribution in [2.24, 2.45) is 0 Å². The molecule has 0 aromatic heterocycles. The lowest BCUT2D eigenvalue weighted by Crippen LogP contribution is -2.26. The Labute approximate surface area is 125 Å². The fourth-order valence-corrected chi connectivity index (χ4v) is 1.77. The van der Waals surface area contributed by atoms with E-state index in [2.05, 4.69) is 26.1 Å². The SMILES string of the molecule is CCCCOCCOCCOCCCC(C)NCCC. The van der Waals surface area contributed by atoms with Gasteiger partial charge in [-0.3, -0.25) is 0 Å². The molecule has 0 aromatic rings. The van der Waals surface area contributed by atoms with Gasteiger partial charge in [0.25, 0.3) is 0 Å². The second-order valence-corrected chi connectivity index (χ2v) is 5.19. The van der Waals surface area contributed by atoms with Crippen LogP contribution in [0, 0.1) is 0 Å². The predicted octanol–water partition coefficient (Wildman–Crippen LogP) is 3.00. The van der Waals surface area contributed by atoms with E-state index in [1.165, 1.54) is 19.3 Å².